The average Bonchev–Trinajstić information content (AvgIpc) is 3.07. The molecule has 0 aromatic rings. The van der Waals surface area contributed by atoms with E-state index in [1.54, 1.807) is 6.92 Å². The second-order valence-electron chi connectivity index (χ2n) is 8.70. The van der Waals surface area contributed by atoms with Crippen LogP contribution < -0.4 is 17.2 Å². The van der Waals surface area contributed by atoms with Gasteiger partial charge in [0.05, 0.1) is 18.8 Å². The number of ether oxygens (including phenoxy) is 4. The molecule has 33 heavy (non-hydrogen) atoms. The lowest BCUT2D eigenvalue weighted by molar-refractivity contribution is -0.309. The van der Waals surface area contributed by atoms with Gasteiger partial charge in [-0.2, -0.15) is 10.9 Å². The third kappa shape index (κ3) is 5.34. The number of aliphatic hydroxyl groups excluding tert-OH is 6. The molecule has 8 unspecified atom stereocenters. The number of rotatable bonds is 6. The maximum atomic E-state index is 10.7. The van der Waals surface area contributed by atoms with Crippen LogP contribution in [0.15, 0.2) is 0 Å². The van der Waals surface area contributed by atoms with Crippen LogP contribution in [-0.2, 0) is 18.9 Å². The summed E-state index contributed by atoms with van der Waals surface area (Å²) in [6.45, 7) is 1.09. The molecule has 192 valence electrons. The van der Waals surface area contributed by atoms with E-state index in [4.69, 9.17) is 36.1 Å². The molecule has 0 aromatic carbocycles. The summed E-state index contributed by atoms with van der Waals surface area (Å²) in [7, 11) is 1.11. The van der Waals surface area contributed by atoms with Gasteiger partial charge < -0.3 is 66.8 Å². The van der Waals surface area contributed by atoms with E-state index in [1.165, 1.54) is 0 Å². The summed E-state index contributed by atoms with van der Waals surface area (Å²) in [5.41, 5.74) is 18.2. The second-order valence-corrected chi connectivity index (χ2v) is 9.63. The van der Waals surface area contributed by atoms with E-state index < -0.39 is 92.2 Å². The Bertz CT molecular complexity index is 728. The van der Waals surface area contributed by atoms with Crippen molar-refractivity contribution in [2.45, 2.75) is 99.0 Å². The zero-order valence-corrected chi connectivity index (χ0v) is 19.0. The van der Waals surface area contributed by atoms with Crippen molar-refractivity contribution in [1.82, 2.24) is 0 Å². The first-order valence-electron chi connectivity index (χ1n) is 10.7. The molecule has 0 radical (unpaired) electrons. The number of hydrogen-bond donors (Lipinski definition) is 9. The first kappa shape index (κ1) is 27.0. The molecule has 0 bridgehead atoms. The summed E-state index contributed by atoms with van der Waals surface area (Å²) in [5.74, 6) is 3.66. The highest BCUT2D eigenvalue weighted by molar-refractivity contribution is 7.96. The van der Waals surface area contributed by atoms with Crippen molar-refractivity contribution in [3.63, 3.8) is 0 Å². The Morgan fingerprint density at radius 2 is 1.52 bits per heavy atom. The SMILES string of the molecule is C=S=C(C)[C@H]1O[C@@H](OC2C(O)[C@H](N)CC(N)[C@H]2O[C@H]2OC(CO)[C@@H](O)C(O)C2N)C(O)C1O. The van der Waals surface area contributed by atoms with Gasteiger partial charge in [0.25, 0.3) is 0 Å². The van der Waals surface area contributed by atoms with Crippen LogP contribution in [0.4, 0.5) is 0 Å². The molecule has 3 fully saturated rings. The van der Waals surface area contributed by atoms with Crippen molar-refractivity contribution < 1.29 is 49.6 Å². The summed E-state index contributed by atoms with van der Waals surface area (Å²) < 4.78 is 22.9. The van der Waals surface area contributed by atoms with Crippen molar-refractivity contribution in [1.29, 1.82) is 0 Å². The van der Waals surface area contributed by atoms with Crippen LogP contribution >= 0.6 is 10.9 Å². The molecular weight excluding hydrogens is 462 g/mol. The van der Waals surface area contributed by atoms with Gasteiger partial charge in [0.15, 0.2) is 12.6 Å². The average molecular weight is 498 g/mol. The molecule has 14 atom stereocenters. The van der Waals surface area contributed by atoms with Crippen LogP contribution in [0, 0.1) is 0 Å². The largest absolute Gasteiger partial charge is 0.394 e. The molecule has 3 aliphatic rings. The maximum absolute atomic E-state index is 10.7. The van der Waals surface area contributed by atoms with Crippen LogP contribution in [0.3, 0.4) is 0 Å². The summed E-state index contributed by atoms with van der Waals surface area (Å²) in [6, 6.07) is -2.76. The van der Waals surface area contributed by atoms with E-state index >= 15 is 0 Å². The summed E-state index contributed by atoms with van der Waals surface area (Å²) >= 11 is 0. The van der Waals surface area contributed by atoms with Crippen molar-refractivity contribution in [2.75, 3.05) is 6.61 Å². The topological polar surface area (TPSA) is 236 Å². The minimum absolute atomic E-state index is 0.145. The first-order chi connectivity index (χ1) is 15.5. The Morgan fingerprint density at radius 3 is 2.12 bits per heavy atom. The Labute approximate surface area is 194 Å². The van der Waals surface area contributed by atoms with Gasteiger partial charge in [0.2, 0.25) is 0 Å². The number of hydrogen-bond acceptors (Lipinski definition) is 13. The van der Waals surface area contributed by atoms with Gasteiger partial charge in [0, 0.05) is 16.9 Å². The fourth-order valence-electron chi connectivity index (χ4n) is 4.32. The van der Waals surface area contributed by atoms with Gasteiger partial charge in [0.1, 0.15) is 48.8 Å². The molecule has 2 heterocycles. The van der Waals surface area contributed by atoms with Crippen LogP contribution in [0.25, 0.3) is 0 Å². The normalized spacial score (nSPS) is 50.8. The minimum Gasteiger partial charge on any atom is -0.394 e. The fraction of sp³-hybridized carbons (Fsp3) is 0.895. The molecule has 0 spiro atoms. The Balaban J connectivity index is 1.80. The third-order valence-corrected chi connectivity index (χ3v) is 7.11. The Morgan fingerprint density at radius 1 is 0.879 bits per heavy atom. The molecule has 3 rings (SSSR count). The summed E-state index contributed by atoms with van der Waals surface area (Å²) in [4.78, 5) is 0.613. The van der Waals surface area contributed by atoms with E-state index in [1.807, 2.05) is 0 Å². The van der Waals surface area contributed by atoms with Crippen molar-refractivity contribution in [2.24, 2.45) is 17.2 Å². The van der Waals surface area contributed by atoms with E-state index in [0.29, 0.717) is 4.86 Å². The lowest BCUT2D eigenvalue weighted by atomic mass is 9.84. The van der Waals surface area contributed by atoms with Crippen LogP contribution in [0.2, 0.25) is 0 Å². The lowest BCUT2D eigenvalue weighted by Crippen LogP contribution is -2.68. The van der Waals surface area contributed by atoms with Gasteiger partial charge in [-0.05, 0) is 19.2 Å². The molecular formula is C19H35N3O10S. The van der Waals surface area contributed by atoms with Gasteiger partial charge in [-0.1, -0.05) is 0 Å². The van der Waals surface area contributed by atoms with Crippen LogP contribution in [0.1, 0.15) is 13.3 Å². The molecule has 0 aromatic heterocycles. The van der Waals surface area contributed by atoms with Gasteiger partial charge >= 0.3 is 0 Å². The Hall–Kier alpha value is -0.560. The van der Waals surface area contributed by atoms with Crippen LogP contribution in [-0.4, -0.2) is 134 Å². The highest BCUT2D eigenvalue weighted by atomic mass is 32.1. The van der Waals surface area contributed by atoms with Crippen molar-refractivity contribution in [3.05, 3.63) is 0 Å². The Kier molecular flexibility index (Phi) is 9.02. The highest BCUT2D eigenvalue weighted by Gasteiger charge is 2.52. The monoisotopic (exact) mass is 497 g/mol. The fourth-order valence-corrected chi connectivity index (χ4v) is 4.68. The smallest absolute Gasteiger partial charge is 0.187 e. The minimum atomic E-state index is -1.46. The third-order valence-electron chi connectivity index (χ3n) is 6.42. The zero-order valence-electron chi connectivity index (χ0n) is 18.2. The molecule has 2 aliphatic heterocycles. The highest BCUT2D eigenvalue weighted by Crippen LogP contribution is 2.32. The van der Waals surface area contributed by atoms with E-state index in [9.17, 15) is 30.6 Å². The predicted molar refractivity (Wildman–Crippen MR) is 118 cm³/mol. The van der Waals surface area contributed by atoms with Gasteiger partial charge in [-0.25, -0.2) is 0 Å². The standard InChI is InChI=1S/C19H35N3O10S/c1-5(33-2)15-13(27)14(28)19(30-15)32-17-10(24)6(20)3-7(21)16(17)31-18-9(22)12(26)11(25)8(4-23)29-18/h6-19,23-28H,2-4,20-22H2,1H3/t6-,7?,8?,9?,10?,11-,12?,13?,14?,15-,16-,17?,18-,19+/m1/s1. The molecule has 12 N–H and O–H groups in total. The molecule has 1 saturated carbocycles. The zero-order chi connectivity index (χ0) is 24.6. The summed E-state index contributed by atoms with van der Waals surface area (Å²) in [6.07, 6.45) is -13.7. The van der Waals surface area contributed by atoms with Gasteiger partial charge in [-0.3, -0.25) is 0 Å². The van der Waals surface area contributed by atoms with Crippen LogP contribution in [0.5, 0.6) is 0 Å². The number of nitrogens with two attached hydrogens (primary N) is 3. The maximum Gasteiger partial charge on any atom is 0.187 e. The van der Waals surface area contributed by atoms with E-state index in [0.717, 1.165) is 10.9 Å². The quantitative estimate of drug-likeness (QED) is 0.156. The molecule has 14 heteroatoms. The predicted octanol–water partition coefficient (Wildman–Crippen LogP) is -5.25. The van der Waals surface area contributed by atoms with E-state index in [2.05, 4.69) is 5.87 Å². The first-order valence-corrected chi connectivity index (χ1v) is 11.7. The van der Waals surface area contributed by atoms with Gasteiger partial charge in [-0.15, -0.1) is 0 Å². The molecule has 2 saturated heterocycles. The summed E-state index contributed by atoms with van der Waals surface area (Å²) in [5, 5.41) is 61.1. The lowest BCUT2D eigenvalue weighted by Gasteiger charge is -2.47. The number of aliphatic hydroxyl groups is 6. The van der Waals surface area contributed by atoms with Crippen molar-refractivity contribution in [3.8, 4) is 0 Å². The van der Waals surface area contributed by atoms with E-state index in [-0.39, 0.29) is 6.42 Å². The molecule has 13 nitrogen and oxygen atoms in total. The molecule has 0 amide bonds. The van der Waals surface area contributed by atoms with Crippen molar-refractivity contribution >= 4 is 21.7 Å². The molecule has 1 aliphatic carbocycles. The second kappa shape index (κ2) is 11.0.